The van der Waals surface area contributed by atoms with Crippen molar-refractivity contribution in [1.82, 2.24) is 10.6 Å². The van der Waals surface area contributed by atoms with Gasteiger partial charge in [0, 0.05) is 7.11 Å². The number of hydrogen-bond donors (Lipinski definition) is 4. The van der Waals surface area contributed by atoms with Crippen molar-refractivity contribution in [2.45, 2.75) is 50.3 Å². The summed E-state index contributed by atoms with van der Waals surface area (Å²) in [4.78, 5) is 12.3. The van der Waals surface area contributed by atoms with Gasteiger partial charge in [0.05, 0.1) is 24.3 Å². The van der Waals surface area contributed by atoms with Gasteiger partial charge in [0.25, 0.3) is 0 Å². The molecule has 1 aliphatic carbocycles. The van der Waals surface area contributed by atoms with E-state index >= 15 is 0 Å². The molecule has 4 N–H and O–H groups in total. The number of aliphatic hydroxyl groups is 1. The number of urea groups is 1. The minimum atomic E-state index is -0.844. The fourth-order valence-electron chi connectivity index (χ4n) is 3.16. The van der Waals surface area contributed by atoms with E-state index in [1.807, 2.05) is 0 Å². The minimum absolute atomic E-state index is 0.141. The summed E-state index contributed by atoms with van der Waals surface area (Å²) in [5.74, 6) is 0.141. The predicted octanol–water partition coefficient (Wildman–Crippen LogP) is 2.07. The van der Waals surface area contributed by atoms with E-state index in [2.05, 4.69) is 10.6 Å². The molecule has 0 unspecified atom stereocenters. The average Bonchev–Trinajstić information content (AvgIpc) is 2.95. The SMILES string of the molecule is COCC1(NC(=O)N[C@H](C)[C@@H](O)c2ccc(O)cc2)CCCC1. The predicted molar refractivity (Wildman–Crippen MR) is 87.3 cm³/mol. The van der Waals surface area contributed by atoms with Crippen LogP contribution in [0.4, 0.5) is 4.79 Å². The Morgan fingerprint density at radius 2 is 1.91 bits per heavy atom. The molecule has 0 saturated heterocycles. The molecule has 2 atom stereocenters. The van der Waals surface area contributed by atoms with Gasteiger partial charge in [-0.25, -0.2) is 4.79 Å². The van der Waals surface area contributed by atoms with Crippen LogP contribution in [0.3, 0.4) is 0 Å². The topological polar surface area (TPSA) is 90.8 Å². The molecule has 1 saturated carbocycles. The number of aromatic hydroxyl groups is 1. The van der Waals surface area contributed by atoms with E-state index in [0.717, 1.165) is 25.7 Å². The van der Waals surface area contributed by atoms with Crippen LogP contribution in [0.1, 0.15) is 44.3 Å². The zero-order chi connectivity index (χ0) is 16.9. The third-order valence-corrected chi connectivity index (χ3v) is 4.43. The van der Waals surface area contributed by atoms with Crippen LogP contribution in [-0.2, 0) is 4.74 Å². The Morgan fingerprint density at radius 1 is 1.30 bits per heavy atom. The number of nitrogens with one attached hydrogen (secondary N) is 2. The lowest BCUT2D eigenvalue weighted by Crippen LogP contribution is -2.55. The first-order valence-corrected chi connectivity index (χ1v) is 8.00. The summed E-state index contributed by atoms with van der Waals surface area (Å²) in [5.41, 5.74) is 0.338. The largest absolute Gasteiger partial charge is 0.508 e. The number of rotatable bonds is 6. The van der Waals surface area contributed by atoms with E-state index in [1.54, 1.807) is 26.2 Å². The van der Waals surface area contributed by atoms with Crippen LogP contribution in [0.2, 0.25) is 0 Å². The summed E-state index contributed by atoms with van der Waals surface area (Å²) in [7, 11) is 1.64. The number of amides is 2. The monoisotopic (exact) mass is 322 g/mol. The first-order chi connectivity index (χ1) is 11.0. The van der Waals surface area contributed by atoms with E-state index in [1.165, 1.54) is 12.1 Å². The summed E-state index contributed by atoms with van der Waals surface area (Å²) in [5, 5.41) is 25.4. The summed E-state index contributed by atoms with van der Waals surface area (Å²) >= 11 is 0. The Balaban J connectivity index is 1.92. The van der Waals surface area contributed by atoms with Gasteiger partial charge in [0.15, 0.2) is 0 Å². The summed E-state index contributed by atoms with van der Waals surface area (Å²) in [6.45, 7) is 2.24. The molecule has 6 heteroatoms. The highest BCUT2D eigenvalue weighted by Gasteiger charge is 2.35. The van der Waals surface area contributed by atoms with Crippen molar-refractivity contribution in [3.63, 3.8) is 0 Å². The second-order valence-corrected chi connectivity index (χ2v) is 6.34. The van der Waals surface area contributed by atoms with Gasteiger partial charge < -0.3 is 25.6 Å². The molecule has 0 bridgehead atoms. The maximum absolute atomic E-state index is 12.3. The molecule has 6 nitrogen and oxygen atoms in total. The molecule has 0 radical (unpaired) electrons. The van der Waals surface area contributed by atoms with Gasteiger partial charge in [-0.1, -0.05) is 25.0 Å². The molecular weight excluding hydrogens is 296 g/mol. The van der Waals surface area contributed by atoms with Crippen LogP contribution in [-0.4, -0.2) is 41.5 Å². The number of phenolic OH excluding ortho intramolecular Hbond substituents is 1. The van der Waals surface area contributed by atoms with Gasteiger partial charge in [-0.05, 0) is 37.5 Å². The van der Waals surface area contributed by atoms with Gasteiger partial charge in [-0.15, -0.1) is 0 Å². The van der Waals surface area contributed by atoms with Gasteiger partial charge in [-0.2, -0.15) is 0 Å². The Bertz CT molecular complexity index is 512. The van der Waals surface area contributed by atoms with Gasteiger partial charge >= 0.3 is 6.03 Å². The number of carbonyl (C=O) groups excluding carboxylic acids is 1. The lowest BCUT2D eigenvalue weighted by Gasteiger charge is -2.31. The second-order valence-electron chi connectivity index (χ2n) is 6.34. The standard InChI is InChI=1S/C17H26N2O4/c1-12(15(21)13-5-7-14(20)8-6-13)18-16(22)19-17(11-23-2)9-3-4-10-17/h5-8,12,15,20-21H,3-4,9-11H2,1-2H3,(H2,18,19,22)/t12-,15-/m1/s1. The molecule has 0 aliphatic heterocycles. The molecule has 2 rings (SSSR count). The van der Waals surface area contributed by atoms with Gasteiger partial charge in [0.2, 0.25) is 0 Å². The Hall–Kier alpha value is -1.79. The number of phenols is 1. The highest BCUT2D eigenvalue weighted by Crippen LogP contribution is 2.30. The van der Waals surface area contributed by atoms with Crippen molar-refractivity contribution < 1.29 is 19.7 Å². The number of aliphatic hydroxyl groups excluding tert-OH is 1. The van der Waals surface area contributed by atoms with Crippen molar-refractivity contribution in [1.29, 1.82) is 0 Å². The van der Waals surface area contributed by atoms with Crippen molar-refractivity contribution in [2.75, 3.05) is 13.7 Å². The lowest BCUT2D eigenvalue weighted by molar-refractivity contribution is 0.109. The molecule has 128 valence electrons. The van der Waals surface area contributed by atoms with Crippen molar-refractivity contribution in [2.24, 2.45) is 0 Å². The molecule has 1 aromatic carbocycles. The Kier molecular flexibility index (Phi) is 5.85. The van der Waals surface area contributed by atoms with Gasteiger partial charge in [0.1, 0.15) is 5.75 Å². The molecule has 23 heavy (non-hydrogen) atoms. The van der Waals surface area contributed by atoms with Crippen molar-refractivity contribution in [3.05, 3.63) is 29.8 Å². The number of hydrogen-bond acceptors (Lipinski definition) is 4. The average molecular weight is 322 g/mol. The zero-order valence-corrected chi connectivity index (χ0v) is 13.7. The smallest absolute Gasteiger partial charge is 0.315 e. The molecule has 0 spiro atoms. The fraction of sp³-hybridized carbons (Fsp3) is 0.588. The maximum Gasteiger partial charge on any atom is 0.315 e. The van der Waals surface area contributed by atoms with Crippen LogP contribution in [0, 0.1) is 0 Å². The molecule has 1 aliphatic rings. The highest BCUT2D eigenvalue weighted by molar-refractivity contribution is 5.75. The van der Waals surface area contributed by atoms with E-state index in [4.69, 9.17) is 4.74 Å². The number of ether oxygens (including phenoxy) is 1. The normalized spacial score (nSPS) is 19.1. The number of carbonyl (C=O) groups is 1. The lowest BCUT2D eigenvalue weighted by atomic mass is 9.99. The minimum Gasteiger partial charge on any atom is -0.508 e. The van der Waals surface area contributed by atoms with E-state index in [0.29, 0.717) is 12.2 Å². The third kappa shape index (κ3) is 4.59. The zero-order valence-electron chi connectivity index (χ0n) is 13.7. The third-order valence-electron chi connectivity index (χ3n) is 4.43. The van der Waals surface area contributed by atoms with E-state index in [-0.39, 0.29) is 17.3 Å². The molecular formula is C17H26N2O4. The molecule has 0 aromatic heterocycles. The Labute approximate surface area is 136 Å². The second kappa shape index (κ2) is 7.66. The Morgan fingerprint density at radius 3 is 2.48 bits per heavy atom. The quantitative estimate of drug-likeness (QED) is 0.645. The van der Waals surface area contributed by atoms with Crippen LogP contribution in [0.15, 0.2) is 24.3 Å². The van der Waals surface area contributed by atoms with Gasteiger partial charge in [-0.3, -0.25) is 0 Å². The summed E-state index contributed by atoms with van der Waals surface area (Å²) < 4.78 is 5.25. The molecule has 1 fully saturated rings. The van der Waals surface area contributed by atoms with Crippen LogP contribution < -0.4 is 10.6 Å². The summed E-state index contributed by atoms with van der Waals surface area (Å²) in [6, 6.07) is 5.54. The van der Waals surface area contributed by atoms with E-state index in [9.17, 15) is 15.0 Å². The summed E-state index contributed by atoms with van der Waals surface area (Å²) in [6.07, 6.45) is 3.13. The van der Waals surface area contributed by atoms with Crippen LogP contribution in [0.25, 0.3) is 0 Å². The fourth-order valence-corrected chi connectivity index (χ4v) is 3.16. The van der Waals surface area contributed by atoms with Crippen LogP contribution >= 0.6 is 0 Å². The molecule has 1 aromatic rings. The first kappa shape index (κ1) is 17.6. The van der Waals surface area contributed by atoms with Crippen molar-refractivity contribution in [3.8, 4) is 5.75 Å². The van der Waals surface area contributed by atoms with E-state index < -0.39 is 12.1 Å². The molecule has 0 heterocycles. The highest BCUT2D eigenvalue weighted by atomic mass is 16.5. The van der Waals surface area contributed by atoms with Crippen LogP contribution in [0.5, 0.6) is 5.75 Å². The number of methoxy groups -OCH3 is 1. The number of benzene rings is 1. The molecule has 2 amide bonds. The maximum atomic E-state index is 12.3. The first-order valence-electron chi connectivity index (χ1n) is 8.00. The van der Waals surface area contributed by atoms with Crippen molar-refractivity contribution >= 4 is 6.03 Å².